The van der Waals surface area contributed by atoms with E-state index >= 15 is 0 Å². The van der Waals surface area contributed by atoms with Gasteiger partial charge in [-0.3, -0.25) is 4.79 Å². The highest BCUT2D eigenvalue weighted by Gasteiger charge is 2.03. The number of carbonyl (C=O) groups is 1. The molecule has 0 saturated carbocycles. The average Bonchev–Trinajstić information content (AvgIpc) is 2.71. The van der Waals surface area contributed by atoms with Gasteiger partial charge in [-0.1, -0.05) is 15.9 Å². The zero-order chi connectivity index (χ0) is 12.3. The molecule has 0 amide bonds. The highest BCUT2D eigenvalue weighted by Crippen LogP contribution is 2.21. The number of carbonyl (C=O) groups excluding carboxylic acids is 1. The van der Waals surface area contributed by atoms with Crippen LogP contribution in [0, 0.1) is 0 Å². The third kappa shape index (κ3) is 2.88. The second-order valence-electron chi connectivity index (χ2n) is 3.89. The molecule has 0 spiro atoms. The lowest BCUT2D eigenvalue weighted by atomic mass is 10.2. The molecule has 1 aromatic carbocycles. The zero-order valence-corrected chi connectivity index (χ0v) is 11.2. The smallest absolute Gasteiger partial charge is 0.305 e. The van der Waals surface area contributed by atoms with Crippen LogP contribution in [0.2, 0.25) is 0 Å². The molecule has 3 nitrogen and oxygen atoms in total. The maximum Gasteiger partial charge on any atom is 0.305 e. The number of fused-ring (bicyclic) bond motifs is 1. The third-order valence-corrected chi connectivity index (χ3v) is 3.23. The number of aryl methyl sites for hydroxylation is 1. The van der Waals surface area contributed by atoms with E-state index in [1.165, 1.54) is 18.0 Å². The van der Waals surface area contributed by atoms with Crippen LogP contribution in [-0.2, 0) is 16.1 Å². The summed E-state index contributed by atoms with van der Waals surface area (Å²) in [6, 6.07) is 8.28. The standard InChI is InChI=1S/C13H14BrNO2/c1-17-13(16)3-2-7-15-8-6-10-9-11(14)4-5-12(10)15/h4-6,8-9H,2-3,7H2,1H3. The van der Waals surface area contributed by atoms with Crippen molar-refractivity contribution in [2.45, 2.75) is 19.4 Å². The third-order valence-electron chi connectivity index (χ3n) is 2.74. The van der Waals surface area contributed by atoms with Gasteiger partial charge in [0.05, 0.1) is 7.11 Å². The minimum Gasteiger partial charge on any atom is -0.469 e. The van der Waals surface area contributed by atoms with E-state index in [1.54, 1.807) is 0 Å². The van der Waals surface area contributed by atoms with Crippen LogP contribution in [0.3, 0.4) is 0 Å². The summed E-state index contributed by atoms with van der Waals surface area (Å²) < 4.78 is 7.86. The van der Waals surface area contributed by atoms with Gasteiger partial charge in [-0.2, -0.15) is 0 Å². The first-order valence-corrected chi connectivity index (χ1v) is 6.31. The van der Waals surface area contributed by atoms with Crippen molar-refractivity contribution in [3.8, 4) is 0 Å². The van der Waals surface area contributed by atoms with Crippen LogP contribution in [0.1, 0.15) is 12.8 Å². The van der Waals surface area contributed by atoms with E-state index in [1.807, 2.05) is 12.3 Å². The van der Waals surface area contributed by atoms with Crippen molar-refractivity contribution < 1.29 is 9.53 Å². The predicted molar refractivity (Wildman–Crippen MR) is 70.9 cm³/mol. The highest BCUT2D eigenvalue weighted by atomic mass is 79.9. The topological polar surface area (TPSA) is 31.2 Å². The Bertz CT molecular complexity index is 533. The summed E-state index contributed by atoms with van der Waals surface area (Å²) in [6.45, 7) is 0.834. The molecule has 2 rings (SSSR count). The van der Waals surface area contributed by atoms with E-state index in [0.717, 1.165) is 17.4 Å². The molecule has 0 bridgehead atoms. The van der Waals surface area contributed by atoms with Gasteiger partial charge in [0.25, 0.3) is 0 Å². The Morgan fingerprint density at radius 3 is 3.00 bits per heavy atom. The van der Waals surface area contributed by atoms with E-state index in [2.05, 4.69) is 43.4 Å². The molecule has 0 fully saturated rings. The molecule has 0 saturated heterocycles. The molecule has 0 atom stereocenters. The van der Waals surface area contributed by atoms with Crippen molar-refractivity contribution in [1.82, 2.24) is 4.57 Å². The Balaban J connectivity index is 2.06. The molecule has 0 N–H and O–H groups in total. The lowest BCUT2D eigenvalue weighted by molar-refractivity contribution is -0.140. The van der Waals surface area contributed by atoms with Crippen LogP contribution in [-0.4, -0.2) is 17.6 Å². The molecular formula is C13H14BrNO2. The fourth-order valence-electron chi connectivity index (χ4n) is 1.86. The van der Waals surface area contributed by atoms with Crippen LogP contribution in [0.25, 0.3) is 10.9 Å². The molecule has 90 valence electrons. The largest absolute Gasteiger partial charge is 0.469 e. The van der Waals surface area contributed by atoms with E-state index in [9.17, 15) is 4.79 Å². The summed E-state index contributed by atoms with van der Waals surface area (Å²) in [7, 11) is 1.42. The van der Waals surface area contributed by atoms with Crippen molar-refractivity contribution >= 4 is 32.8 Å². The summed E-state index contributed by atoms with van der Waals surface area (Å²) in [6.07, 6.45) is 3.31. The van der Waals surface area contributed by atoms with Crippen molar-refractivity contribution in [2.75, 3.05) is 7.11 Å². The molecule has 0 radical (unpaired) electrons. The number of halogens is 1. The average molecular weight is 296 g/mol. The number of benzene rings is 1. The lowest BCUT2D eigenvalue weighted by Crippen LogP contribution is -2.03. The fraction of sp³-hybridized carbons (Fsp3) is 0.308. The van der Waals surface area contributed by atoms with Gasteiger partial charge in [0, 0.05) is 34.5 Å². The second-order valence-corrected chi connectivity index (χ2v) is 4.81. The Hall–Kier alpha value is -1.29. The van der Waals surface area contributed by atoms with Gasteiger partial charge in [0.1, 0.15) is 0 Å². The van der Waals surface area contributed by atoms with Gasteiger partial charge < -0.3 is 9.30 Å². The Morgan fingerprint density at radius 2 is 2.24 bits per heavy atom. The lowest BCUT2D eigenvalue weighted by Gasteiger charge is -2.04. The molecule has 17 heavy (non-hydrogen) atoms. The first kappa shape index (κ1) is 12.2. The number of rotatable bonds is 4. The van der Waals surface area contributed by atoms with Crippen LogP contribution in [0.4, 0.5) is 0 Å². The van der Waals surface area contributed by atoms with Gasteiger partial charge >= 0.3 is 5.97 Å². The number of esters is 1. The van der Waals surface area contributed by atoms with E-state index < -0.39 is 0 Å². The maximum atomic E-state index is 11.0. The normalized spacial score (nSPS) is 10.7. The van der Waals surface area contributed by atoms with Gasteiger partial charge in [-0.05, 0) is 30.7 Å². The molecule has 0 aliphatic rings. The van der Waals surface area contributed by atoms with Gasteiger partial charge in [0.15, 0.2) is 0 Å². The Labute approximate surface area is 108 Å². The minimum absolute atomic E-state index is 0.149. The fourth-order valence-corrected chi connectivity index (χ4v) is 2.24. The van der Waals surface area contributed by atoms with Crippen LogP contribution in [0.15, 0.2) is 34.9 Å². The van der Waals surface area contributed by atoms with Crippen molar-refractivity contribution in [1.29, 1.82) is 0 Å². The van der Waals surface area contributed by atoms with E-state index in [-0.39, 0.29) is 5.97 Å². The van der Waals surface area contributed by atoms with Crippen LogP contribution in [0.5, 0.6) is 0 Å². The van der Waals surface area contributed by atoms with Crippen molar-refractivity contribution in [3.63, 3.8) is 0 Å². The summed E-state index contributed by atoms with van der Waals surface area (Å²) >= 11 is 3.45. The summed E-state index contributed by atoms with van der Waals surface area (Å²) in [5.41, 5.74) is 1.19. The van der Waals surface area contributed by atoms with Crippen LogP contribution >= 0.6 is 15.9 Å². The number of hydrogen-bond acceptors (Lipinski definition) is 2. The zero-order valence-electron chi connectivity index (χ0n) is 9.65. The summed E-state index contributed by atoms with van der Waals surface area (Å²) in [5.74, 6) is -0.149. The molecule has 1 aromatic heterocycles. The minimum atomic E-state index is -0.149. The molecule has 2 aromatic rings. The maximum absolute atomic E-state index is 11.0. The summed E-state index contributed by atoms with van der Waals surface area (Å²) in [5, 5.41) is 1.21. The van der Waals surface area contributed by atoms with Gasteiger partial charge in [-0.25, -0.2) is 0 Å². The van der Waals surface area contributed by atoms with E-state index in [0.29, 0.717) is 6.42 Å². The number of methoxy groups -OCH3 is 1. The molecule has 0 aliphatic carbocycles. The molecular weight excluding hydrogens is 282 g/mol. The number of hydrogen-bond donors (Lipinski definition) is 0. The highest BCUT2D eigenvalue weighted by molar-refractivity contribution is 9.10. The molecule has 0 aliphatic heterocycles. The van der Waals surface area contributed by atoms with Gasteiger partial charge in [-0.15, -0.1) is 0 Å². The number of ether oxygens (including phenoxy) is 1. The molecule has 4 heteroatoms. The predicted octanol–water partition coefficient (Wildman–Crippen LogP) is 3.36. The van der Waals surface area contributed by atoms with Crippen molar-refractivity contribution in [3.05, 3.63) is 34.9 Å². The Kier molecular flexibility index (Phi) is 3.84. The first-order chi connectivity index (χ1) is 8.20. The second kappa shape index (κ2) is 5.36. The van der Waals surface area contributed by atoms with Crippen LogP contribution < -0.4 is 0 Å². The van der Waals surface area contributed by atoms with Crippen molar-refractivity contribution in [2.24, 2.45) is 0 Å². The monoisotopic (exact) mass is 295 g/mol. The summed E-state index contributed by atoms with van der Waals surface area (Å²) in [4.78, 5) is 11.0. The first-order valence-electron chi connectivity index (χ1n) is 5.52. The van der Waals surface area contributed by atoms with E-state index in [4.69, 9.17) is 0 Å². The SMILES string of the molecule is COC(=O)CCCn1ccc2cc(Br)ccc21. The Morgan fingerprint density at radius 1 is 1.41 bits per heavy atom. The number of aromatic nitrogens is 1. The quantitative estimate of drug-likeness (QED) is 0.810. The molecule has 0 unspecified atom stereocenters. The van der Waals surface area contributed by atoms with Gasteiger partial charge in [0.2, 0.25) is 0 Å². The molecule has 1 heterocycles. The number of nitrogens with zero attached hydrogens (tertiary/aromatic N) is 1.